The standard InChI is InChI=1S/C16H17BrN2O5/c1-23-12-5-10(6-13(8-12)24-2)16(20)9-18-14-4-3-11(17)7-15(14)19(21)22/h3-8,16,18,20H,9H2,1-2H3. The molecule has 0 aliphatic carbocycles. The Morgan fingerprint density at radius 2 is 1.83 bits per heavy atom. The Hall–Kier alpha value is -2.32. The molecule has 0 saturated carbocycles. The van der Waals surface area contributed by atoms with Gasteiger partial charge in [0.05, 0.1) is 25.2 Å². The summed E-state index contributed by atoms with van der Waals surface area (Å²) in [6.07, 6.45) is -0.891. The summed E-state index contributed by atoms with van der Waals surface area (Å²) in [5.41, 5.74) is 0.843. The van der Waals surface area contributed by atoms with Crippen LogP contribution in [0.5, 0.6) is 11.5 Å². The summed E-state index contributed by atoms with van der Waals surface area (Å²) in [6.45, 7) is 0.0960. The molecule has 0 spiro atoms. The van der Waals surface area contributed by atoms with Crippen molar-refractivity contribution >= 4 is 27.3 Å². The molecule has 0 heterocycles. The Kier molecular flexibility index (Phi) is 5.99. The second-order valence-corrected chi connectivity index (χ2v) is 5.88. The number of nitrogens with zero attached hydrogens (tertiary/aromatic N) is 1. The van der Waals surface area contributed by atoms with E-state index in [9.17, 15) is 15.2 Å². The van der Waals surface area contributed by atoms with Crippen LogP contribution in [0.3, 0.4) is 0 Å². The molecule has 2 N–H and O–H groups in total. The van der Waals surface area contributed by atoms with E-state index in [1.54, 1.807) is 30.3 Å². The first-order valence-corrected chi connectivity index (χ1v) is 7.82. The second-order valence-electron chi connectivity index (χ2n) is 4.96. The summed E-state index contributed by atoms with van der Waals surface area (Å²) in [7, 11) is 3.04. The predicted octanol–water partition coefficient (Wildman–Crippen LogP) is 3.52. The predicted molar refractivity (Wildman–Crippen MR) is 93.8 cm³/mol. The van der Waals surface area contributed by atoms with Crippen LogP contribution in [-0.2, 0) is 0 Å². The van der Waals surface area contributed by atoms with Crippen molar-refractivity contribution in [2.75, 3.05) is 26.1 Å². The van der Waals surface area contributed by atoms with Gasteiger partial charge in [-0.15, -0.1) is 0 Å². The van der Waals surface area contributed by atoms with E-state index in [1.165, 1.54) is 20.3 Å². The van der Waals surface area contributed by atoms with Crippen LogP contribution in [0.2, 0.25) is 0 Å². The van der Waals surface area contributed by atoms with Gasteiger partial charge in [-0.25, -0.2) is 0 Å². The highest BCUT2D eigenvalue weighted by Crippen LogP contribution is 2.30. The van der Waals surface area contributed by atoms with Crippen LogP contribution in [0.15, 0.2) is 40.9 Å². The highest BCUT2D eigenvalue weighted by molar-refractivity contribution is 9.10. The maximum absolute atomic E-state index is 11.1. The number of anilines is 1. The average molecular weight is 397 g/mol. The normalized spacial score (nSPS) is 11.7. The number of ether oxygens (including phenoxy) is 2. The molecule has 0 bridgehead atoms. The molecule has 0 fully saturated rings. The van der Waals surface area contributed by atoms with Crippen molar-refractivity contribution in [3.63, 3.8) is 0 Å². The summed E-state index contributed by atoms with van der Waals surface area (Å²) >= 11 is 3.20. The maximum Gasteiger partial charge on any atom is 0.293 e. The van der Waals surface area contributed by atoms with Gasteiger partial charge in [0.2, 0.25) is 0 Å². The zero-order chi connectivity index (χ0) is 17.7. The van der Waals surface area contributed by atoms with Crippen LogP contribution in [0.1, 0.15) is 11.7 Å². The minimum absolute atomic E-state index is 0.0696. The number of rotatable bonds is 7. The fraction of sp³-hybridized carbons (Fsp3) is 0.250. The van der Waals surface area contributed by atoms with E-state index in [-0.39, 0.29) is 12.2 Å². The number of nitrogens with one attached hydrogen (secondary N) is 1. The number of aliphatic hydroxyl groups excluding tert-OH is 1. The first-order valence-electron chi connectivity index (χ1n) is 7.03. The Morgan fingerprint density at radius 1 is 1.21 bits per heavy atom. The molecule has 1 atom stereocenters. The van der Waals surface area contributed by atoms with E-state index in [1.807, 2.05) is 0 Å². The summed E-state index contributed by atoms with van der Waals surface area (Å²) in [6, 6.07) is 9.75. The number of nitro groups is 1. The van der Waals surface area contributed by atoms with E-state index < -0.39 is 11.0 Å². The van der Waals surface area contributed by atoms with Gasteiger partial charge in [-0.3, -0.25) is 10.1 Å². The van der Waals surface area contributed by atoms with Crippen molar-refractivity contribution in [1.82, 2.24) is 0 Å². The molecule has 2 aromatic rings. The van der Waals surface area contributed by atoms with Gasteiger partial charge < -0.3 is 19.9 Å². The fourth-order valence-corrected chi connectivity index (χ4v) is 2.50. The van der Waals surface area contributed by atoms with Crippen molar-refractivity contribution in [3.8, 4) is 11.5 Å². The van der Waals surface area contributed by atoms with Crippen molar-refractivity contribution in [1.29, 1.82) is 0 Å². The van der Waals surface area contributed by atoms with Crippen molar-refractivity contribution in [3.05, 3.63) is 56.5 Å². The first-order chi connectivity index (χ1) is 11.4. The third kappa shape index (κ3) is 4.36. The highest BCUT2D eigenvalue weighted by atomic mass is 79.9. The molecule has 0 aliphatic rings. The zero-order valence-electron chi connectivity index (χ0n) is 13.2. The molecule has 2 rings (SSSR count). The van der Waals surface area contributed by atoms with E-state index in [4.69, 9.17) is 9.47 Å². The maximum atomic E-state index is 11.1. The van der Waals surface area contributed by atoms with Gasteiger partial charge in [0, 0.05) is 23.2 Å². The van der Waals surface area contributed by atoms with Crippen molar-refractivity contribution in [2.24, 2.45) is 0 Å². The minimum atomic E-state index is -0.891. The number of halogens is 1. The van der Waals surface area contributed by atoms with Gasteiger partial charge in [-0.1, -0.05) is 15.9 Å². The smallest absolute Gasteiger partial charge is 0.293 e. The molecule has 1 unspecified atom stereocenters. The Balaban J connectivity index is 2.16. The Morgan fingerprint density at radius 3 is 2.38 bits per heavy atom. The lowest BCUT2D eigenvalue weighted by atomic mass is 10.1. The second kappa shape index (κ2) is 7.98. The van der Waals surface area contributed by atoms with Crippen LogP contribution in [0.4, 0.5) is 11.4 Å². The van der Waals surface area contributed by atoms with Crippen LogP contribution in [0.25, 0.3) is 0 Å². The van der Waals surface area contributed by atoms with Crippen LogP contribution in [0, 0.1) is 10.1 Å². The fourth-order valence-electron chi connectivity index (χ4n) is 2.15. The monoisotopic (exact) mass is 396 g/mol. The van der Waals surface area contributed by atoms with Gasteiger partial charge >= 0.3 is 0 Å². The highest BCUT2D eigenvalue weighted by Gasteiger charge is 2.16. The van der Waals surface area contributed by atoms with E-state index in [0.29, 0.717) is 27.2 Å². The van der Waals surface area contributed by atoms with Gasteiger partial charge in [-0.05, 0) is 29.8 Å². The third-order valence-corrected chi connectivity index (χ3v) is 3.89. The van der Waals surface area contributed by atoms with Gasteiger partial charge in [-0.2, -0.15) is 0 Å². The summed E-state index contributed by atoms with van der Waals surface area (Å²) in [4.78, 5) is 10.6. The molecule has 24 heavy (non-hydrogen) atoms. The average Bonchev–Trinajstić information content (AvgIpc) is 2.59. The number of nitro benzene ring substituents is 1. The molecule has 0 amide bonds. The third-order valence-electron chi connectivity index (χ3n) is 3.40. The zero-order valence-corrected chi connectivity index (χ0v) is 14.7. The molecule has 7 nitrogen and oxygen atoms in total. The minimum Gasteiger partial charge on any atom is -0.497 e. The lowest BCUT2D eigenvalue weighted by Crippen LogP contribution is -2.13. The largest absolute Gasteiger partial charge is 0.497 e. The van der Waals surface area contributed by atoms with Crippen LogP contribution in [-0.4, -0.2) is 30.8 Å². The molecule has 0 aromatic heterocycles. The molecule has 0 radical (unpaired) electrons. The first kappa shape index (κ1) is 18.0. The number of benzene rings is 2. The number of hydrogen-bond donors (Lipinski definition) is 2. The molecule has 128 valence electrons. The molecular formula is C16H17BrN2O5. The SMILES string of the molecule is COc1cc(OC)cc(C(O)CNc2ccc(Br)cc2[N+](=O)[O-])c1. The topological polar surface area (TPSA) is 93.9 Å². The summed E-state index contributed by atoms with van der Waals surface area (Å²) in [5.74, 6) is 1.11. The van der Waals surface area contributed by atoms with Crippen molar-refractivity contribution < 1.29 is 19.5 Å². The summed E-state index contributed by atoms with van der Waals surface area (Å²) in [5, 5.41) is 24.4. The van der Waals surface area contributed by atoms with Gasteiger partial charge in [0.25, 0.3) is 5.69 Å². The van der Waals surface area contributed by atoms with E-state index >= 15 is 0 Å². The lowest BCUT2D eigenvalue weighted by Gasteiger charge is -2.15. The Bertz CT molecular complexity index is 716. The number of hydrogen-bond acceptors (Lipinski definition) is 6. The molecular weight excluding hydrogens is 380 g/mol. The lowest BCUT2D eigenvalue weighted by molar-refractivity contribution is -0.384. The van der Waals surface area contributed by atoms with Crippen molar-refractivity contribution in [2.45, 2.75) is 6.10 Å². The van der Waals surface area contributed by atoms with Crippen LogP contribution >= 0.6 is 15.9 Å². The summed E-state index contributed by atoms with van der Waals surface area (Å²) < 4.78 is 10.9. The number of methoxy groups -OCH3 is 2. The molecule has 8 heteroatoms. The quantitative estimate of drug-likeness (QED) is 0.549. The van der Waals surface area contributed by atoms with E-state index in [0.717, 1.165) is 0 Å². The molecule has 0 aliphatic heterocycles. The van der Waals surface area contributed by atoms with Gasteiger partial charge in [0.1, 0.15) is 17.2 Å². The molecule has 2 aromatic carbocycles. The number of aliphatic hydroxyl groups is 1. The Labute approximate surface area is 147 Å². The van der Waals surface area contributed by atoms with Crippen LogP contribution < -0.4 is 14.8 Å². The van der Waals surface area contributed by atoms with Gasteiger partial charge in [0.15, 0.2) is 0 Å². The molecule has 0 saturated heterocycles. The van der Waals surface area contributed by atoms with E-state index in [2.05, 4.69) is 21.2 Å².